The molecule has 1 aromatic heterocycles. The highest BCUT2D eigenvalue weighted by Crippen LogP contribution is 2.21. The van der Waals surface area contributed by atoms with Gasteiger partial charge in [-0.15, -0.1) is 0 Å². The minimum atomic E-state index is -0.686. The zero-order valence-corrected chi connectivity index (χ0v) is 20.4. The maximum Gasteiger partial charge on any atom is 0.343 e. The Hall–Kier alpha value is -4.61. The van der Waals surface area contributed by atoms with Crippen LogP contribution in [0.25, 0.3) is 0 Å². The van der Waals surface area contributed by atoms with Gasteiger partial charge in [0.15, 0.2) is 5.78 Å². The van der Waals surface area contributed by atoms with Gasteiger partial charge >= 0.3 is 5.97 Å². The summed E-state index contributed by atoms with van der Waals surface area (Å²) in [7, 11) is 0. The Bertz CT molecular complexity index is 1480. The van der Waals surface area contributed by atoms with Gasteiger partial charge in [0.1, 0.15) is 5.75 Å². The molecule has 3 aromatic carbocycles. The van der Waals surface area contributed by atoms with Crippen molar-refractivity contribution < 1.29 is 29.6 Å². The van der Waals surface area contributed by atoms with Crippen molar-refractivity contribution in [3.05, 3.63) is 130 Å². The maximum atomic E-state index is 12.7. The van der Waals surface area contributed by atoms with Gasteiger partial charge in [-0.05, 0) is 82.9 Å². The van der Waals surface area contributed by atoms with Crippen LogP contribution < -0.4 is 4.74 Å². The summed E-state index contributed by atoms with van der Waals surface area (Å²) in [6, 6.07) is 20.4. The summed E-state index contributed by atoms with van der Waals surface area (Å²) < 4.78 is 5.44. The average Bonchev–Trinajstić information content (AvgIpc) is 2.97. The molecule has 0 aliphatic rings. The second kappa shape index (κ2) is 12.6. The molecular weight excluding hydrogens is 482 g/mol. The van der Waals surface area contributed by atoms with Crippen LogP contribution >= 0.6 is 0 Å². The molecule has 0 atom stereocenters. The van der Waals surface area contributed by atoms with Crippen LogP contribution in [0.1, 0.15) is 54.1 Å². The number of carbonyl (C=O) groups is 2. The summed E-state index contributed by atoms with van der Waals surface area (Å²) in [6.45, 7) is -1.10. The number of Topliss-reactive ketones (excluding diaryl/α,β-unsaturated/α-hetero) is 1. The lowest BCUT2D eigenvalue weighted by molar-refractivity contribution is 0.0730. The Kier molecular flexibility index (Phi) is 8.75. The lowest BCUT2D eigenvalue weighted by Crippen LogP contribution is -2.13. The number of rotatable bonds is 8. The van der Waals surface area contributed by atoms with E-state index in [0.29, 0.717) is 40.0 Å². The largest absolute Gasteiger partial charge is 0.423 e. The lowest BCUT2D eigenvalue weighted by Gasteiger charge is -2.12. The van der Waals surface area contributed by atoms with E-state index in [4.69, 9.17) is 4.74 Å². The van der Waals surface area contributed by atoms with Crippen molar-refractivity contribution in [2.24, 2.45) is 0 Å². The molecule has 0 fully saturated rings. The average molecular weight is 508 g/mol. The SMILES string of the molecule is O=C(Cc1ccc(C#Cc2ccc(OC(=O)c3cc(CO)c(CO)cc3CO)cc2)cc1)c1ccncc1. The monoisotopic (exact) mass is 507 g/mol. The number of aromatic nitrogens is 1. The third-order valence-corrected chi connectivity index (χ3v) is 5.89. The molecule has 7 nitrogen and oxygen atoms in total. The van der Waals surface area contributed by atoms with Crippen molar-refractivity contribution in [3.8, 4) is 17.6 Å². The fourth-order valence-corrected chi connectivity index (χ4v) is 3.80. The molecule has 4 rings (SSSR count). The quantitative estimate of drug-likeness (QED) is 0.144. The van der Waals surface area contributed by atoms with Gasteiger partial charge < -0.3 is 20.1 Å². The number of benzene rings is 3. The van der Waals surface area contributed by atoms with Crippen LogP contribution in [0.4, 0.5) is 0 Å². The highest BCUT2D eigenvalue weighted by molar-refractivity contribution is 5.97. The molecule has 1 heterocycles. The van der Waals surface area contributed by atoms with Gasteiger partial charge in [0.25, 0.3) is 0 Å². The van der Waals surface area contributed by atoms with Gasteiger partial charge in [0, 0.05) is 35.5 Å². The molecule has 4 aromatic rings. The number of hydrogen-bond acceptors (Lipinski definition) is 7. The fraction of sp³-hybridized carbons (Fsp3) is 0.129. The van der Waals surface area contributed by atoms with Crippen molar-refractivity contribution in [1.29, 1.82) is 0 Å². The molecule has 0 spiro atoms. The van der Waals surface area contributed by atoms with Crippen LogP contribution in [-0.4, -0.2) is 32.1 Å². The van der Waals surface area contributed by atoms with Crippen molar-refractivity contribution in [1.82, 2.24) is 4.98 Å². The first kappa shape index (κ1) is 26.5. The summed E-state index contributed by atoms with van der Waals surface area (Å²) in [5.74, 6) is 5.77. The lowest BCUT2D eigenvalue weighted by atomic mass is 9.99. The Morgan fingerprint density at radius 3 is 1.84 bits per heavy atom. The molecule has 38 heavy (non-hydrogen) atoms. The molecule has 0 bridgehead atoms. The molecule has 0 unspecified atom stereocenters. The molecule has 7 heteroatoms. The van der Waals surface area contributed by atoms with Gasteiger partial charge in [-0.2, -0.15) is 0 Å². The van der Waals surface area contributed by atoms with Gasteiger partial charge in [-0.25, -0.2) is 4.79 Å². The molecule has 3 N–H and O–H groups in total. The van der Waals surface area contributed by atoms with E-state index in [-0.39, 0.29) is 24.6 Å². The Labute approximate surface area is 220 Å². The van der Waals surface area contributed by atoms with Crippen molar-refractivity contribution in [3.63, 3.8) is 0 Å². The number of ketones is 1. The summed E-state index contributed by atoms with van der Waals surface area (Å²) in [5, 5.41) is 28.6. The van der Waals surface area contributed by atoms with Crippen LogP contribution in [0.15, 0.2) is 85.2 Å². The molecule has 0 saturated heterocycles. The molecular formula is C31H25NO6. The van der Waals surface area contributed by atoms with Crippen LogP contribution in [-0.2, 0) is 26.2 Å². The molecule has 0 saturated carbocycles. The van der Waals surface area contributed by atoms with Gasteiger partial charge in [0.05, 0.1) is 25.4 Å². The fourth-order valence-electron chi connectivity index (χ4n) is 3.80. The molecule has 190 valence electrons. The summed E-state index contributed by atoms with van der Waals surface area (Å²) >= 11 is 0. The highest BCUT2D eigenvalue weighted by atomic mass is 16.5. The number of aliphatic hydroxyl groups excluding tert-OH is 3. The Balaban J connectivity index is 1.39. The highest BCUT2D eigenvalue weighted by Gasteiger charge is 2.17. The maximum absolute atomic E-state index is 12.7. The third-order valence-electron chi connectivity index (χ3n) is 5.89. The third kappa shape index (κ3) is 6.58. The van der Waals surface area contributed by atoms with Crippen molar-refractivity contribution in [2.45, 2.75) is 26.2 Å². The normalized spacial score (nSPS) is 10.4. The first-order chi connectivity index (χ1) is 18.5. The van der Waals surface area contributed by atoms with Gasteiger partial charge in [-0.1, -0.05) is 24.0 Å². The van der Waals surface area contributed by atoms with Crippen LogP contribution in [0, 0.1) is 11.8 Å². The van der Waals surface area contributed by atoms with Crippen LogP contribution in [0.3, 0.4) is 0 Å². The van der Waals surface area contributed by atoms with E-state index in [2.05, 4.69) is 16.8 Å². The van der Waals surface area contributed by atoms with Crippen LogP contribution in [0.2, 0.25) is 0 Å². The number of hydrogen-bond donors (Lipinski definition) is 3. The van der Waals surface area contributed by atoms with E-state index in [1.165, 1.54) is 12.1 Å². The summed E-state index contributed by atoms with van der Waals surface area (Å²) in [4.78, 5) is 29.0. The van der Waals surface area contributed by atoms with E-state index in [9.17, 15) is 24.9 Å². The molecule has 0 radical (unpaired) electrons. The van der Waals surface area contributed by atoms with Crippen molar-refractivity contribution >= 4 is 11.8 Å². The number of nitrogens with zero attached hydrogens (tertiary/aromatic N) is 1. The summed E-state index contributed by atoms with van der Waals surface area (Å²) in [6.07, 6.45) is 3.49. The second-order valence-corrected chi connectivity index (χ2v) is 8.45. The van der Waals surface area contributed by atoms with Crippen LogP contribution in [0.5, 0.6) is 5.75 Å². The number of ether oxygens (including phenoxy) is 1. The van der Waals surface area contributed by atoms with E-state index >= 15 is 0 Å². The second-order valence-electron chi connectivity index (χ2n) is 8.45. The van der Waals surface area contributed by atoms with E-state index in [1.807, 2.05) is 24.3 Å². The zero-order chi connectivity index (χ0) is 26.9. The predicted octanol–water partition coefficient (Wildman–Crippen LogP) is 3.60. The minimum Gasteiger partial charge on any atom is -0.423 e. The number of esters is 1. The van der Waals surface area contributed by atoms with E-state index < -0.39 is 12.6 Å². The van der Waals surface area contributed by atoms with Gasteiger partial charge in [-0.3, -0.25) is 9.78 Å². The number of carbonyl (C=O) groups excluding carboxylic acids is 2. The minimum absolute atomic E-state index is 0.0237. The standard InChI is InChI=1S/C31H25NO6/c33-18-25-16-27(20-35)29(17-26(25)19-34)31(37)38-28-9-7-22(8-10-28)2-1-21-3-5-23(6-4-21)15-30(36)24-11-13-32-14-12-24/h3-14,16-17,33-35H,15,18-20H2. The van der Waals surface area contributed by atoms with E-state index in [1.54, 1.807) is 48.8 Å². The Morgan fingerprint density at radius 2 is 1.26 bits per heavy atom. The first-order valence-electron chi connectivity index (χ1n) is 11.8. The first-order valence-corrected chi connectivity index (χ1v) is 11.8. The van der Waals surface area contributed by atoms with Crippen molar-refractivity contribution in [2.75, 3.05) is 0 Å². The molecule has 0 aliphatic carbocycles. The Morgan fingerprint density at radius 1 is 0.711 bits per heavy atom. The van der Waals surface area contributed by atoms with Gasteiger partial charge in [0.2, 0.25) is 0 Å². The molecule has 0 aliphatic heterocycles. The topological polar surface area (TPSA) is 117 Å². The summed E-state index contributed by atoms with van der Waals surface area (Å²) in [5.41, 5.74) is 4.26. The molecule has 0 amide bonds. The number of pyridine rings is 1. The number of aliphatic hydroxyl groups is 3. The predicted molar refractivity (Wildman–Crippen MR) is 140 cm³/mol. The van der Waals surface area contributed by atoms with E-state index in [0.717, 1.165) is 11.1 Å². The smallest absolute Gasteiger partial charge is 0.343 e. The zero-order valence-electron chi connectivity index (χ0n) is 20.4.